The van der Waals surface area contributed by atoms with Crippen molar-refractivity contribution in [2.45, 2.75) is 25.8 Å². The number of carbonyl (C=O) groups excluding carboxylic acids is 2. The normalized spacial score (nSPS) is 14.8. The zero-order chi connectivity index (χ0) is 17.4. The molecule has 0 atom stereocenters. The summed E-state index contributed by atoms with van der Waals surface area (Å²) in [4.78, 5) is 29.5. The van der Waals surface area contributed by atoms with Crippen LogP contribution in [0.25, 0.3) is 0 Å². The lowest BCUT2D eigenvalue weighted by molar-refractivity contribution is 0.0954. The predicted molar refractivity (Wildman–Crippen MR) is 92.0 cm³/mol. The van der Waals surface area contributed by atoms with Gasteiger partial charge in [-0.2, -0.15) is 0 Å². The quantitative estimate of drug-likeness (QED) is 0.779. The zero-order valence-electron chi connectivity index (χ0n) is 14.0. The number of rotatable bonds is 6. The van der Waals surface area contributed by atoms with Gasteiger partial charge in [0.05, 0.1) is 17.9 Å². The van der Waals surface area contributed by atoms with E-state index in [1.165, 1.54) is 6.20 Å². The molecule has 2 heterocycles. The standard InChI is InChI=1S/C17H24N4O3/c1-3-7-19-16(22)13-10-15(12-18-11-13)20-14-5-8-21(9-6-14)17(23)24-4-2/h3,10-12,14,20H,1,4-9H2,2H3,(H,19,22). The average molecular weight is 332 g/mol. The van der Waals surface area contributed by atoms with Crippen molar-refractivity contribution in [3.05, 3.63) is 36.7 Å². The van der Waals surface area contributed by atoms with Crippen molar-refractivity contribution < 1.29 is 14.3 Å². The maximum Gasteiger partial charge on any atom is 0.409 e. The molecule has 1 saturated heterocycles. The average Bonchev–Trinajstić information content (AvgIpc) is 2.60. The van der Waals surface area contributed by atoms with Crippen LogP contribution in [0.5, 0.6) is 0 Å². The van der Waals surface area contributed by atoms with Crippen LogP contribution in [0.4, 0.5) is 10.5 Å². The van der Waals surface area contributed by atoms with Crippen LogP contribution in [0, 0.1) is 0 Å². The molecule has 24 heavy (non-hydrogen) atoms. The number of likely N-dealkylation sites (tertiary alicyclic amines) is 1. The number of ether oxygens (including phenoxy) is 1. The van der Waals surface area contributed by atoms with E-state index in [-0.39, 0.29) is 18.0 Å². The van der Waals surface area contributed by atoms with Crippen LogP contribution >= 0.6 is 0 Å². The highest BCUT2D eigenvalue weighted by atomic mass is 16.6. The van der Waals surface area contributed by atoms with E-state index < -0.39 is 0 Å². The van der Waals surface area contributed by atoms with Crippen molar-refractivity contribution in [3.8, 4) is 0 Å². The van der Waals surface area contributed by atoms with Gasteiger partial charge in [0.2, 0.25) is 0 Å². The lowest BCUT2D eigenvalue weighted by atomic mass is 10.1. The summed E-state index contributed by atoms with van der Waals surface area (Å²) < 4.78 is 5.01. The van der Waals surface area contributed by atoms with E-state index in [1.807, 2.05) is 0 Å². The largest absolute Gasteiger partial charge is 0.450 e. The second-order valence-corrected chi connectivity index (χ2v) is 5.57. The minimum Gasteiger partial charge on any atom is -0.450 e. The molecular formula is C17H24N4O3. The molecule has 0 spiro atoms. The van der Waals surface area contributed by atoms with Crippen LogP contribution in [0.15, 0.2) is 31.1 Å². The van der Waals surface area contributed by atoms with E-state index in [1.54, 1.807) is 30.2 Å². The molecule has 0 bridgehead atoms. The van der Waals surface area contributed by atoms with Crippen LogP contribution < -0.4 is 10.6 Å². The molecule has 1 aliphatic rings. The lowest BCUT2D eigenvalue weighted by Gasteiger charge is -2.32. The first-order valence-corrected chi connectivity index (χ1v) is 8.16. The van der Waals surface area contributed by atoms with E-state index in [9.17, 15) is 9.59 Å². The first kappa shape index (κ1) is 17.8. The molecule has 1 aromatic heterocycles. The molecule has 1 aromatic rings. The SMILES string of the molecule is C=CCNC(=O)c1cncc(NC2CCN(C(=O)OCC)CC2)c1. The summed E-state index contributed by atoms with van der Waals surface area (Å²) in [5.41, 5.74) is 1.31. The van der Waals surface area contributed by atoms with Crippen LogP contribution in [0.3, 0.4) is 0 Å². The number of hydrogen-bond donors (Lipinski definition) is 2. The van der Waals surface area contributed by atoms with Crippen molar-refractivity contribution in [1.82, 2.24) is 15.2 Å². The molecule has 0 radical (unpaired) electrons. The van der Waals surface area contributed by atoms with Crippen molar-refractivity contribution in [3.63, 3.8) is 0 Å². The Balaban J connectivity index is 1.87. The van der Waals surface area contributed by atoms with Gasteiger partial charge in [-0.3, -0.25) is 9.78 Å². The van der Waals surface area contributed by atoms with Crippen molar-refractivity contribution >= 4 is 17.7 Å². The fourth-order valence-corrected chi connectivity index (χ4v) is 2.57. The van der Waals surface area contributed by atoms with E-state index in [4.69, 9.17) is 4.74 Å². The summed E-state index contributed by atoms with van der Waals surface area (Å²) in [7, 11) is 0. The molecule has 2 amide bonds. The van der Waals surface area contributed by atoms with Gasteiger partial charge in [-0.1, -0.05) is 6.08 Å². The number of nitrogens with one attached hydrogen (secondary N) is 2. The Hall–Kier alpha value is -2.57. The van der Waals surface area contributed by atoms with Gasteiger partial charge >= 0.3 is 6.09 Å². The lowest BCUT2D eigenvalue weighted by Crippen LogP contribution is -2.42. The van der Waals surface area contributed by atoms with Gasteiger partial charge in [0.1, 0.15) is 0 Å². The minimum atomic E-state index is -0.251. The molecular weight excluding hydrogens is 308 g/mol. The monoisotopic (exact) mass is 332 g/mol. The van der Waals surface area contributed by atoms with Crippen LogP contribution in [-0.4, -0.2) is 54.2 Å². The van der Waals surface area contributed by atoms with Crippen molar-refractivity contribution in [1.29, 1.82) is 0 Å². The Morgan fingerprint density at radius 2 is 2.17 bits per heavy atom. The Labute approximate surface area is 142 Å². The van der Waals surface area contributed by atoms with E-state index in [2.05, 4.69) is 22.2 Å². The first-order chi connectivity index (χ1) is 11.6. The number of hydrogen-bond acceptors (Lipinski definition) is 5. The van der Waals surface area contributed by atoms with E-state index >= 15 is 0 Å². The summed E-state index contributed by atoms with van der Waals surface area (Å²) >= 11 is 0. The highest BCUT2D eigenvalue weighted by molar-refractivity contribution is 5.94. The summed E-state index contributed by atoms with van der Waals surface area (Å²) in [5.74, 6) is -0.178. The molecule has 0 aromatic carbocycles. The molecule has 7 heteroatoms. The maximum absolute atomic E-state index is 11.9. The van der Waals surface area contributed by atoms with E-state index in [0.29, 0.717) is 31.8 Å². The fourth-order valence-electron chi connectivity index (χ4n) is 2.57. The Morgan fingerprint density at radius 3 is 2.83 bits per heavy atom. The second-order valence-electron chi connectivity index (χ2n) is 5.57. The molecule has 7 nitrogen and oxygen atoms in total. The zero-order valence-corrected chi connectivity index (χ0v) is 14.0. The molecule has 1 fully saturated rings. The number of anilines is 1. The van der Waals surface area contributed by atoms with Crippen LogP contribution in [-0.2, 0) is 4.74 Å². The Kier molecular flexibility index (Phi) is 6.60. The van der Waals surface area contributed by atoms with Crippen molar-refractivity contribution in [2.75, 3.05) is 31.6 Å². The number of aromatic nitrogens is 1. The van der Waals surface area contributed by atoms with Gasteiger partial charge in [0.25, 0.3) is 5.91 Å². The number of carbonyl (C=O) groups is 2. The second kappa shape index (κ2) is 8.90. The van der Waals surface area contributed by atoms with Gasteiger partial charge in [-0.25, -0.2) is 4.79 Å². The third-order valence-electron chi connectivity index (χ3n) is 3.80. The number of piperidine rings is 1. The van der Waals surface area contributed by atoms with Gasteiger partial charge in [-0.15, -0.1) is 6.58 Å². The molecule has 2 rings (SSSR count). The number of nitrogens with zero attached hydrogens (tertiary/aromatic N) is 2. The fraction of sp³-hybridized carbons (Fsp3) is 0.471. The summed E-state index contributed by atoms with van der Waals surface area (Å²) in [6.45, 7) is 7.50. The first-order valence-electron chi connectivity index (χ1n) is 8.16. The summed E-state index contributed by atoms with van der Waals surface area (Å²) in [6, 6.07) is 2.02. The molecule has 130 valence electrons. The van der Waals surface area contributed by atoms with Crippen LogP contribution in [0.1, 0.15) is 30.1 Å². The topological polar surface area (TPSA) is 83.6 Å². The summed E-state index contributed by atoms with van der Waals surface area (Å²) in [6.07, 6.45) is 6.26. The van der Waals surface area contributed by atoms with E-state index in [0.717, 1.165) is 18.5 Å². The third kappa shape index (κ3) is 4.97. The van der Waals surface area contributed by atoms with Gasteiger partial charge < -0.3 is 20.3 Å². The highest BCUT2D eigenvalue weighted by Gasteiger charge is 2.23. The number of amides is 2. The van der Waals surface area contributed by atoms with Crippen molar-refractivity contribution in [2.24, 2.45) is 0 Å². The molecule has 1 aliphatic heterocycles. The molecule has 2 N–H and O–H groups in total. The van der Waals surface area contributed by atoms with Gasteiger partial charge in [0.15, 0.2) is 0 Å². The minimum absolute atomic E-state index is 0.178. The molecule has 0 aliphatic carbocycles. The van der Waals surface area contributed by atoms with Crippen LogP contribution in [0.2, 0.25) is 0 Å². The Bertz CT molecular complexity index is 583. The maximum atomic E-state index is 11.9. The smallest absolute Gasteiger partial charge is 0.409 e. The highest BCUT2D eigenvalue weighted by Crippen LogP contribution is 2.17. The van der Waals surface area contributed by atoms with Gasteiger partial charge in [-0.05, 0) is 25.8 Å². The molecule has 0 saturated carbocycles. The van der Waals surface area contributed by atoms with Gasteiger partial charge in [0, 0.05) is 38.1 Å². The summed E-state index contributed by atoms with van der Waals surface area (Å²) in [5, 5.41) is 6.11. The Morgan fingerprint density at radius 1 is 1.42 bits per heavy atom. The predicted octanol–water partition coefficient (Wildman–Crippen LogP) is 2.03. The third-order valence-corrected chi connectivity index (χ3v) is 3.80. The molecule has 0 unspecified atom stereocenters. The number of pyridine rings is 1.